The number of carbonyl (C=O) groups excluding carboxylic acids is 2. The van der Waals surface area contributed by atoms with Gasteiger partial charge >= 0.3 is 5.97 Å². The number of amides is 1. The molecule has 6 heteroatoms. The lowest BCUT2D eigenvalue weighted by Crippen LogP contribution is -2.45. The Morgan fingerprint density at radius 1 is 0.350 bits per heavy atom. The van der Waals surface area contributed by atoms with Crippen molar-refractivity contribution < 1.29 is 24.5 Å². The highest BCUT2D eigenvalue weighted by Gasteiger charge is 2.18. The van der Waals surface area contributed by atoms with Crippen LogP contribution in [0.3, 0.4) is 0 Å². The van der Waals surface area contributed by atoms with Crippen LogP contribution in [0.2, 0.25) is 0 Å². The van der Waals surface area contributed by atoms with Crippen LogP contribution in [0.25, 0.3) is 0 Å². The number of ether oxygens (including phenoxy) is 1. The molecule has 1 amide bonds. The average Bonchev–Trinajstić information content (AvgIpc) is 3.46. The molecule has 6 nitrogen and oxygen atoms in total. The van der Waals surface area contributed by atoms with Gasteiger partial charge in [0.15, 0.2) is 0 Å². The van der Waals surface area contributed by atoms with Gasteiger partial charge in [-0.05, 0) is 64.2 Å². The predicted molar refractivity (Wildman–Crippen MR) is 352 cm³/mol. The van der Waals surface area contributed by atoms with Crippen LogP contribution in [-0.4, -0.2) is 47.4 Å². The maximum Gasteiger partial charge on any atom is 0.305 e. The Kier molecular flexibility index (Phi) is 67.9. The molecule has 2 atom stereocenters. The van der Waals surface area contributed by atoms with Crippen molar-refractivity contribution in [3.8, 4) is 0 Å². The number of esters is 1. The molecule has 2 unspecified atom stereocenters. The molecule has 80 heavy (non-hydrogen) atoms. The van der Waals surface area contributed by atoms with Gasteiger partial charge in [-0.1, -0.05) is 359 Å². The van der Waals surface area contributed by atoms with E-state index in [4.69, 9.17) is 4.74 Å². The van der Waals surface area contributed by atoms with Gasteiger partial charge in [0.1, 0.15) is 0 Å². The number of rotatable bonds is 68. The van der Waals surface area contributed by atoms with Gasteiger partial charge in [0.2, 0.25) is 5.91 Å². The lowest BCUT2D eigenvalue weighted by Gasteiger charge is -2.20. The van der Waals surface area contributed by atoms with Crippen molar-refractivity contribution in [1.82, 2.24) is 5.32 Å². The first-order valence-corrected chi connectivity index (χ1v) is 36.3. The molecule has 0 aliphatic rings. The molecule has 0 aliphatic carbocycles. The predicted octanol–water partition coefficient (Wildman–Crippen LogP) is 23.5. The van der Waals surface area contributed by atoms with Crippen molar-refractivity contribution in [2.75, 3.05) is 13.2 Å². The smallest absolute Gasteiger partial charge is 0.305 e. The summed E-state index contributed by atoms with van der Waals surface area (Å²) in [5, 5.41) is 23.3. The zero-order chi connectivity index (χ0) is 57.8. The van der Waals surface area contributed by atoms with Gasteiger partial charge in [0.05, 0.1) is 25.4 Å². The molecule has 3 N–H and O–H groups in total. The van der Waals surface area contributed by atoms with Crippen LogP contribution >= 0.6 is 0 Å². The van der Waals surface area contributed by atoms with E-state index in [1.807, 2.05) is 6.08 Å². The summed E-state index contributed by atoms with van der Waals surface area (Å²) < 4.78 is 5.49. The van der Waals surface area contributed by atoms with Gasteiger partial charge in [-0.15, -0.1) is 0 Å². The number of carbonyl (C=O) groups is 2. The van der Waals surface area contributed by atoms with Crippen LogP contribution in [0.5, 0.6) is 0 Å². The standard InChI is InChI=1S/C74H141NO5/c1-3-5-7-9-11-13-15-17-19-20-21-22-29-32-35-39-42-46-50-54-58-62-66-72(77)71(70-76)75-73(78)67-63-59-55-51-47-43-40-36-33-30-27-25-23-24-26-28-31-34-37-41-45-49-53-57-61-65-69-80-74(79)68-64-60-56-52-48-44-38-18-16-14-12-10-8-6-4-2/h12,14,18,38,62,66,71-72,76-77H,3-11,13,15-17,19-37,39-61,63-65,67-70H2,1-2H3,(H,75,78)/b14-12-,38-18-,66-62+. The summed E-state index contributed by atoms with van der Waals surface area (Å²) in [6.45, 7) is 4.91. The second kappa shape index (κ2) is 69.6. The molecule has 0 saturated carbocycles. The van der Waals surface area contributed by atoms with Crippen LogP contribution in [-0.2, 0) is 14.3 Å². The zero-order valence-electron chi connectivity index (χ0n) is 54.1. The third-order valence-corrected chi connectivity index (χ3v) is 16.9. The van der Waals surface area contributed by atoms with Crippen molar-refractivity contribution in [2.45, 2.75) is 411 Å². The normalized spacial score (nSPS) is 12.7. The van der Waals surface area contributed by atoms with E-state index in [1.54, 1.807) is 6.08 Å². The summed E-state index contributed by atoms with van der Waals surface area (Å²) in [7, 11) is 0. The van der Waals surface area contributed by atoms with Crippen LogP contribution in [0.1, 0.15) is 399 Å². The number of aliphatic hydroxyl groups excluding tert-OH is 2. The fraction of sp³-hybridized carbons (Fsp3) is 0.892. The van der Waals surface area contributed by atoms with E-state index >= 15 is 0 Å². The molecule has 0 fully saturated rings. The quantitative estimate of drug-likeness (QED) is 0.0320. The number of hydrogen-bond donors (Lipinski definition) is 3. The Balaban J connectivity index is 3.39. The molecule has 0 aromatic rings. The Labute approximate surface area is 500 Å². The van der Waals surface area contributed by atoms with Crippen LogP contribution in [0, 0.1) is 0 Å². The molecular weight excluding hydrogens is 983 g/mol. The third-order valence-electron chi connectivity index (χ3n) is 16.9. The first-order chi connectivity index (χ1) is 39.5. The minimum absolute atomic E-state index is 0.00337. The topological polar surface area (TPSA) is 95.9 Å². The lowest BCUT2D eigenvalue weighted by molar-refractivity contribution is -0.143. The van der Waals surface area contributed by atoms with E-state index in [2.05, 4.69) is 43.5 Å². The summed E-state index contributed by atoms with van der Waals surface area (Å²) in [4.78, 5) is 24.6. The molecule has 0 bridgehead atoms. The van der Waals surface area contributed by atoms with Crippen molar-refractivity contribution in [3.63, 3.8) is 0 Å². The third kappa shape index (κ3) is 65.2. The van der Waals surface area contributed by atoms with Crippen molar-refractivity contribution >= 4 is 11.9 Å². The molecule has 0 spiro atoms. The van der Waals surface area contributed by atoms with Crippen LogP contribution in [0.15, 0.2) is 36.5 Å². The number of aliphatic hydroxyl groups is 2. The summed E-state index contributed by atoms with van der Waals surface area (Å²) in [6.07, 6.45) is 89.4. The number of nitrogens with one attached hydrogen (secondary N) is 1. The zero-order valence-corrected chi connectivity index (χ0v) is 54.1. The molecule has 0 heterocycles. The Morgan fingerprint density at radius 2 is 0.625 bits per heavy atom. The van der Waals surface area contributed by atoms with Gasteiger partial charge in [-0.25, -0.2) is 0 Å². The van der Waals surface area contributed by atoms with Gasteiger partial charge in [-0.2, -0.15) is 0 Å². The molecule has 0 saturated heterocycles. The number of unbranched alkanes of at least 4 members (excludes halogenated alkanes) is 53. The maximum atomic E-state index is 12.5. The van der Waals surface area contributed by atoms with Crippen LogP contribution < -0.4 is 5.32 Å². The maximum absolute atomic E-state index is 12.5. The molecule has 0 aromatic carbocycles. The van der Waals surface area contributed by atoms with E-state index in [9.17, 15) is 19.8 Å². The highest BCUT2D eigenvalue weighted by Crippen LogP contribution is 2.19. The fourth-order valence-corrected chi connectivity index (χ4v) is 11.4. The first kappa shape index (κ1) is 78.1. The van der Waals surface area contributed by atoms with E-state index in [1.165, 1.54) is 321 Å². The van der Waals surface area contributed by atoms with Gasteiger partial charge in [-0.3, -0.25) is 9.59 Å². The summed E-state index contributed by atoms with van der Waals surface area (Å²) in [6, 6.07) is -0.628. The average molecular weight is 1120 g/mol. The summed E-state index contributed by atoms with van der Waals surface area (Å²) >= 11 is 0. The highest BCUT2D eigenvalue weighted by atomic mass is 16.5. The van der Waals surface area contributed by atoms with E-state index < -0.39 is 12.1 Å². The van der Waals surface area contributed by atoms with Gasteiger partial charge in [0, 0.05) is 12.8 Å². The lowest BCUT2D eigenvalue weighted by atomic mass is 10.0. The van der Waals surface area contributed by atoms with E-state index in [0.29, 0.717) is 19.4 Å². The van der Waals surface area contributed by atoms with Crippen molar-refractivity contribution in [1.29, 1.82) is 0 Å². The Morgan fingerprint density at radius 3 is 0.975 bits per heavy atom. The minimum Gasteiger partial charge on any atom is -0.466 e. The second-order valence-corrected chi connectivity index (χ2v) is 24.9. The second-order valence-electron chi connectivity index (χ2n) is 24.9. The number of allylic oxidation sites excluding steroid dienone is 5. The SMILES string of the molecule is CCCCC/C=C\C/C=C\CCCCCCCC(=O)OCCCCCCCCCCCCCCCCCCCCCCCCCCCCC(=O)NC(CO)C(O)/C=C/CCCCCCCCCCCCCCCCCCCCCC. The van der Waals surface area contributed by atoms with Crippen molar-refractivity contribution in [2.24, 2.45) is 0 Å². The minimum atomic E-state index is -0.844. The molecule has 472 valence electrons. The van der Waals surface area contributed by atoms with Gasteiger partial charge < -0.3 is 20.3 Å². The Hall–Kier alpha value is -1.92. The largest absolute Gasteiger partial charge is 0.466 e. The summed E-state index contributed by atoms with van der Waals surface area (Å²) in [5.74, 6) is -0.0585. The first-order valence-electron chi connectivity index (χ1n) is 36.3. The fourth-order valence-electron chi connectivity index (χ4n) is 11.4. The van der Waals surface area contributed by atoms with Crippen LogP contribution in [0.4, 0.5) is 0 Å². The summed E-state index contributed by atoms with van der Waals surface area (Å²) in [5.41, 5.74) is 0. The molecule has 0 rings (SSSR count). The van der Waals surface area contributed by atoms with Crippen molar-refractivity contribution in [3.05, 3.63) is 36.5 Å². The number of hydrogen-bond acceptors (Lipinski definition) is 5. The Bertz CT molecular complexity index is 1300. The molecule has 0 aliphatic heterocycles. The molecule has 0 radical (unpaired) electrons. The van der Waals surface area contributed by atoms with Gasteiger partial charge in [0.25, 0.3) is 0 Å². The molecular formula is C74H141NO5. The van der Waals surface area contributed by atoms with E-state index in [0.717, 1.165) is 51.4 Å². The van der Waals surface area contributed by atoms with E-state index in [-0.39, 0.29) is 18.5 Å². The molecule has 0 aromatic heterocycles. The monoisotopic (exact) mass is 1120 g/mol. The highest BCUT2D eigenvalue weighted by molar-refractivity contribution is 5.76.